The molecule has 0 atom stereocenters. The minimum absolute atomic E-state index is 0. The maximum atomic E-state index is 10.2. The molecule has 11 heavy (non-hydrogen) atoms. The molecular weight excluding hydrogens is 182 g/mol. The van der Waals surface area contributed by atoms with Gasteiger partial charge in [-0.15, -0.1) is 5.48 Å². The Bertz CT molecular complexity index is 146. The second kappa shape index (κ2) is 7.90. The van der Waals surface area contributed by atoms with Crippen LogP contribution >= 0.6 is 0 Å². The fourth-order valence-electron chi connectivity index (χ4n) is 0.246. The first kappa shape index (κ1) is 13.4. The van der Waals surface area contributed by atoms with E-state index in [1.165, 1.54) is 5.48 Å². The van der Waals surface area contributed by atoms with Crippen LogP contribution in [0.2, 0.25) is 0 Å². The quantitative estimate of drug-likeness (QED) is 0.456. The number of ether oxygens (including phenoxy) is 1. The molecule has 0 aromatic rings. The zero-order valence-electron chi connectivity index (χ0n) is 7.99. The van der Waals surface area contributed by atoms with Crippen LogP contribution in [0.5, 0.6) is 0 Å². The standard InChI is InChI=1S/C4H7NO5.Ca.2H/c1-2-9-3(6)5-10-4(7)8;;;/h2H2,1H3,(H,5,6)(H,7,8);;;/q;+2;2*-1. The van der Waals surface area contributed by atoms with Crippen LogP contribution in [-0.4, -0.2) is 61.7 Å². The van der Waals surface area contributed by atoms with Crippen LogP contribution in [0, 0.1) is 0 Å². The number of hydrogen-bond acceptors (Lipinski definition) is 4. The fraction of sp³-hybridized carbons (Fsp3) is 0.500. The van der Waals surface area contributed by atoms with Gasteiger partial charge < -0.3 is 17.5 Å². The van der Waals surface area contributed by atoms with Gasteiger partial charge in [0.2, 0.25) is 0 Å². The largest absolute Gasteiger partial charge is 2.00 e. The van der Waals surface area contributed by atoms with Crippen LogP contribution in [0.15, 0.2) is 0 Å². The Morgan fingerprint density at radius 1 is 1.64 bits per heavy atom. The first-order valence-electron chi connectivity index (χ1n) is 2.49. The van der Waals surface area contributed by atoms with Crippen molar-refractivity contribution in [1.29, 1.82) is 0 Å². The maximum Gasteiger partial charge on any atom is 2.00 e. The first-order chi connectivity index (χ1) is 4.66. The molecule has 62 valence electrons. The van der Waals surface area contributed by atoms with Gasteiger partial charge in [-0.2, -0.15) is 0 Å². The van der Waals surface area contributed by atoms with Crippen molar-refractivity contribution < 1.29 is 27.1 Å². The Balaban J connectivity index is -0.000000135. The molecule has 0 aliphatic carbocycles. The van der Waals surface area contributed by atoms with Crippen LogP contribution in [-0.2, 0) is 9.57 Å². The number of carbonyl (C=O) groups is 2. The summed E-state index contributed by atoms with van der Waals surface area (Å²) in [6, 6.07) is 0. The molecule has 6 nitrogen and oxygen atoms in total. The molecule has 0 saturated heterocycles. The smallest absolute Gasteiger partial charge is 1.00 e. The van der Waals surface area contributed by atoms with Gasteiger partial charge in [-0.3, -0.25) is 0 Å². The Morgan fingerprint density at radius 3 is 2.55 bits per heavy atom. The molecular formula is C4H9CaNO5. The van der Waals surface area contributed by atoms with Crippen LogP contribution in [0.25, 0.3) is 0 Å². The molecule has 0 heterocycles. The van der Waals surface area contributed by atoms with E-state index in [2.05, 4.69) is 9.57 Å². The summed E-state index contributed by atoms with van der Waals surface area (Å²) in [5.41, 5.74) is 1.52. The van der Waals surface area contributed by atoms with E-state index in [9.17, 15) is 9.59 Å². The van der Waals surface area contributed by atoms with E-state index in [1.807, 2.05) is 0 Å². The molecule has 0 unspecified atom stereocenters. The second-order valence-electron chi connectivity index (χ2n) is 1.19. The number of rotatable bonds is 1. The number of amides is 1. The summed E-state index contributed by atoms with van der Waals surface area (Å²) in [6.45, 7) is 1.75. The molecule has 0 spiro atoms. The van der Waals surface area contributed by atoms with Crippen molar-refractivity contribution in [3.63, 3.8) is 0 Å². The average molecular weight is 191 g/mol. The van der Waals surface area contributed by atoms with Crippen molar-refractivity contribution in [2.75, 3.05) is 6.61 Å². The van der Waals surface area contributed by atoms with Crippen molar-refractivity contribution >= 4 is 50.0 Å². The van der Waals surface area contributed by atoms with Crippen LogP contribution in [0.1, 0.15) is 9.78 Å². The first-order valence-corrected chi connectivity index (χ1v) is 2.49. The van der Waals surface area contributed by atoms with Gasteiger partial charge in [-0.25, -0.2) is 9.59 Å². The average Bonchev–Trinajstić information content (AvgIpc) is 1.85. The molecule has 0 aliphatic rings. The number of hydrogen-bond donors (Lipinski definition) is 2. The molecule has 2 N–H and O–H groups in total. The molecule has 0 saturated carbocycles. The summed E-state index contributed by atoms with van der Waals surface area (Å²) in [5.74, 6) is 0. The molecule has 0 rings (SSSR count). The SMILES string of the molecule is CCOC(=O)NOC(=O)O.[Ca+2].[H-].[H-]. The predicted molar refractivity (Wildman–Crippen MR) is 37.2 cm³/mol. The van der Waals surface area contributed by atoms with Gasteiger partial charge in [0.25, 0.3) is 0 Å². The normalized spacial score (nSPS) is 7.36. The Morgan fingerprint density at radius 2 is 2.18 bits per heavy atom. The van der Waals surface area contributed by atoms with Gasteiger partial charge in [0.05, 0.1) is 6.61 Å². The third-order valence-corrected chi connectivity index (χ3v) is 0.497. The minimum Gasteiger partial charge on any atom is -1.00 e. The molecule has 0 aromatic carbocycles. The molecule has 0 aromatic heterocycles. The van der Waals surface area contributed by atoms with Gasteiger partial charge in [-0.1, -0.05) is 0 Å². The molecule has 1 amide bonds. The summed E-state index contributed by atoms with van der Waals surface area (Å²) >= 11 is 0. The van der Waals surface area contributed by atoms with Crippen molar-refractivity contribution in [3.05, 3.63) is 0 Å². The third kappa shape index (κ3) is 9.80. The van der Waals surface area contributed by atoms with Crippen molar-refractivity contribution in [1.82, 2.24) is 5.48 Å². The number of nitrogens with one attached hydrogen (secondary N) is 1. The van der Waals surface area contributed by atoms with E-state index in [4.69, 9.17) is 5.11 Å². The van der Waals surface area contributed by atoms with Crippen molar-refractivity contribution in [2.24, 2.45) is 0 Å². The van der Waals surface area contributed by atoms with Gasteiger partial charge in [-0.05, 0) is 6.92 Å². The van der Waals surface area contributed by atoms with E-state index in [1.54, 1.807) is 6.92 Å². The maximum absolute atomic E-state index is 10.2. The van der Waals surface area contributed by atoms with E-state index in [-0.39, 0.29) is 47.2 Å². The van der Waals surface area contributed by atoms with Crippen molar-refractivity contribution in [2.45, 2.75) is 6.92 Å². The van der Waals surface area contributed by atoms with Crippen LogP contribution < -0.4 is 5.48 Å². The number of hydroxylamine groups is 1. The van der Waals surface area contributed by atoms with E-state index >= 15 is 0 Å². The van der Waals surface area contributed by atoms with E-state index in [0.29, 0.717) is 0 Å². The molecule has 0 radical (unpaired) electrons. The Kier molecular flexibility index (Phi) is 9.62. The topological polar surface area (TPSA) is 84.9 Å². The summed E-state index contributed by atoms with van der Waals surface area (Å²) in [7, 11) is 0. The fourth-order valence-corrected chi connectivity index (χ4v) is 0.246. The minimum atomic E-state index is -1.59. The molecule has 0 aliphatic heterocycles. The van der Waals surface area contributed by atoms with Gasteiger partial charge in [0, 0.05) is 0 Å². The monoisotopic (exact) mass is 191 g/mol. The van der Waals surface area contributed by atoms with Gasteiger partial charge in [0.1, 0.15) is 0 Å². The molecule has 0 bridgehead atoms. The number of carboxylic acid groups (broad SMARTS) is 1. The zero-order chi connectivity index (χ0) is 7.98. The Hall–Kier alpha value is -0.200. The van der Waals surface area contributed by atoms with Crippen LogP contribution in [0.3, 0.4) is 0 Å². The van der Waals surface area contributed by atoms with Crippen molar-refractivity contribution in [3.8, 4) is 0 Å². The summed E-state index contributed by atoms with van der Waals surface area (Å²) in [6.07, 6.45) is -2.52. The predicted octanol–water partition coefficient (Wildman–Crippen LogP) is 0.186. The third-order valence-electron chi connectivity index (χ3n) is 0.497. The zero-order valence-corrected chi connectivity index (χ0v) is 8.20. The molecule has 0 fully saturated rings. The number of carbonyl (C=O) groups excluding carboxylic acids is 1. The Labute approximate surface area is 95.8 Å². The van der Waals surface area contributed by atoms with E-state index in [0.717, 1.165) is 0 Å². The summed E-state index contributed by atoms with van der Waals surface area (Å²) in [4.78, 5) is 23.5. The summed E-state index contributed by atoms with van der Waals surface area (Å²) in [5, 5.41) is 7.84. The van der Waals surface area contributed by atoms with Crippen LogP contribution in [0.4, 0.5) is 9.59 Å². The molecule has 7 heteroatoms. The second-order valence-corrected chi connectivity index (χ2v) is 1.19. The summed E-state index contributed by atoms with van der Waals surface area (Å²) < 4.78 is 4.25. The van der Waals surface area contributed by atoms with E-state index < -0.39 is 12.2 Å². The van der Waals surface area contributed by atoms with Gasteiger partial charge >= 0.3 is 50.0 Å². The van der Waals surface area contributed by atoms with Gasteiger partial charge in [0.15, 0.2) is 0 Å².